The highest BCUT2D eigenvalue weighted by Gasteiger charge is 2.43. The van der Waals surface area contributed by atoms with Crippen LogP contribution in [0.25, 0.3) is 0 Å². The number of hydrogen-bond donors (Lipinski definition) is 4. The van der Waals surface area contributed by atoms with Crippen LogP contribution in [0.5, 0.6) is 0 Å². The predicted molar refractivity (Wildman–Crippen MR) is 45.4 cm³/mol. The van der Waals surface area contributed by atoms with Crippen LogP contribution in [0.2, 0.25) is 0 Å². The first-order valence-electron chi connectivity index (χ1n) is 4.54. The average molecular weight is 208 g/mol. The van der Waals surface area contributed by atoms with Gasteiger partial charge >= 0.3 is 0 Å². The fraction of sp³-hybridized carbons (Fsp3) is 1.00. The molecule has 1 saturated heterocycles. The Morgan fingerprint density at radius 1 is 1.14 bits per heavy atom. The first-order chi connectivity index (χ1) is 6.61. The van der Waals surface area contributed by atoms with Gasteiger partial charge < -0.3 is 29.9 Å². The average Bonchev–Trinajstić information content (AvgIpc) is 2.19. The van der Waals surface area contributed by atoms with Gasteiger partial charge in [0.25, 0.3) is 0 Å². The van der Waals surface area contributed by atoms with E-state index >= 15 is 0 Å². The molecule has 1 aliphatic rings. The number of aliphatic hydroxyl groups excluding tert-OH is 4. The van der Waals surface area contributed by atoms with E-state index in [1.165, 1.54) is 0 Å². The van der Waals surface area contributed by atoms with Gasteiger partial charge in [0.05, 0.1) is 6.61 Å². The highest BCUT2D eigenvalue weighted by atomic mass is 16.7. The van der Waals surface area contributed by atoms with Gasteiger partial charge in [0.15, 0.2) is 6.29 Å². The minimum absolute atomic E-state index is 0.308. The summed E-state index contributed by atoms with van der Waals surface area (Å²) in [7, 11) is 0. The molecule has 6 heteroatoms. The highest BCUT2D eigenvalue weighted by Crippen LogP contribution is 2.21. The van der Waals surface area contributed by atoms with E-state index in [0.29, 0.717) is 6.61 Å². The molecule has 0 saturated carbocycles. The fourth-order valence-corrected chi connectivity index (χ4v) is 1.37. The van der Waals surface area contributed by atoms with E-state index in [9.17, 15) is 15.3 Å². The lowest BCUT2D eigenvalue weighted by Crippen LogP contribution is -2.59. The van der Waals surface area contributed by atoms with Crippen molar-refractivity contribution in [1.29, 1.82) is 0 Å². The summed E-state index contributed by atoms with van der Waals surface area (Å²) in [5.74, 6) is 0. The lowest BCUT2D eigenvalue weighted by molar-refractivity contribution is -0.300. The van der Waals surface area contributed by atoms with Gasteiger partial charge in [-0.25, -0.2) is 0 Å². The van der Waals surface area contributed by atoms with E-state index in [-0.39, 0.29) is 0 Å². The SMILES string of the molecule is CCO[C@@H]1OC(CO)[C@H](O)C(O)C1O. The molecule has 14 heavy (non-hydrogen) atoms. The summed E-state index contributed by atoms with van der Waals surface area (Å²) in [4.78, 5) is 0. The van der Waals surface area contributed by atoms with E-state index in [1.54, 1.807) is 6.92 Å². The molecule has 1 aliphatic heterocycles. The molecule has 0 bridgehead atoms. The Morgan fingerprint density at radius 2 is 1.79 bits per heavy atom. The molecule has 5 atom stereocenters. The van der Waals surface area contributed by atoms with Gasteiger partial charge in [-0.2, -0.15) is 0 Å². The summed E-state index contributed by atoms with van der Waals surface area (Å²) in [6.07, 6.45) is -5.89. The molecule has 0 aromatic rings. The molecule has 4 N–H and O–H groups in total. The normalized spacial score (nSPS) is 43.9. The molecule has 6 nitrogen and oxygen atoms in total. The van der Waals surface area contributed by atoms with Gasteiger partial charge in [0, 0.05) is 6.61 Å². The van der Waals surface area contributed by atoms with Gasteiger partial charge in [0.1, 0.15) is 24.4 Å². The summed E-state index contributed by atoms with van der Waals surface area (Å²) in [6, 6.07) is 0. The third-order valence-electron chi connectivity index (χ3n) is 2.18. The molecule has 0 radical (unpaired) electrons. The third kappa shape index (κ3) is 2.22. The zero-order valence-electron chi connectivity index (χ0n) is 7.91. The molecule has 0 amide bonds. The molecule has 1 fully saturated rings. The molecule has 0 aromatic carbocycles. The van der Waals surface area contributed by atoms with Crippen molar-refractivity contribution in [1.82, 2.24) is 0 Å². The molecule has 1 rings (SSSR count). The maximum absolute atomic E-state index is 9.41. The second-order valence-electron chi connectivity index (χ2n) is 3.15. The van der Waals surface area contributed by atoms with Crippen molar-refractivity contribution < 1.29 is 29.9 Å². The summed E-state index contributed by atoms with van der Waals surface area (Å²) in [5.41, 5.74) is 0. The second kappa shape index (κ2) is 5.01. The molecular weight excluding hydrogens is 192 g/mol. The van der Waals surface area contributed by atoms with Gasteiger partial charge in [-0.05, 0) is 6.92 Å². The molecule has 84 valence electrons. The summed E-state index contributed by atoms with van der Waals surface area (Å²) < 4.78 is 10.0. The van der Waals surface area contributed by atoms with E-state index in [1.807, 2.05) is 0 Å². The van der Waals surface area contributed by atoms with E-state index < -0.39 is 37.3 Å². The van der Waals surface area contributed by atoms with Crippen LogP contribution in [0.1, 0.15) is 6.92 Å². The van der Waals surface area contributed by atoms with Crippen LogP contribution in [0.15, 0.2) is 0 Å². The van der Waals surface area contributed by atoms with Crippen LogP contribution in [0.4, 0.5) is 0 Å². The second-order valence-corrected chi connectivity index (χ2v) is 3.15. The van der Waals surface area contributed by atoms with Gasteiger partial charge in [-0.1, -0.05) is 0 Å². The molecule has 0 spiro atoms. The van der Waals surface area contributed by atoms with Gasteiger partial charge in [0.2, 0.25) is 0 Å². The maximum Gasteiger partial charge on any atom is 0.186 e. The lowest BCUT2D eigenvalue weighted by atomic mass is 9.99. The van der Waals surface area contributed by atoms with Crippen molar-refractivity contribution in [2.75, 3.05) is 13.2 Å². The molecule has 0 aliphatic carbocycles. The minimum atomic E-state index is -1.36. The largest absolute Gasteiger partial charge is 0.394 e. The molecular formula is C8H16O6. The fourth-order valence-electron chi connectivity index (χ4n) is 1.37. The smallest absolute Gasteiger partial charge is 0.186 e. The standard InChI is InChI=1S/C8H16O6/c1-2-13-8-7(12)6(11)5(10)4(3-9)14-8/h4-12H,2-3H2,1H3/t4?,5-,6?,7?,8+/m0/s1. The van der Waals surface area contributed by atoms with Gasteiger partial charge in [-0.3, -0.25) is 0 Å². The Kier molecular flexibility index (Phi) is 4.24. The van der Waals surface area contributed by atoms with Crippen molar-refractivity contribution in [2.24, 2.45) is 0 Å². The van der Waals surface area contributed by atoms with Crippen molar-refractivity contribution in [3.8, 4) is 0 Å². The topological polar surface area (TPSA) is 99.4 Å². The Hall–Kier alpha value is -0.240. The Bertz CT molecular complexity index is 171. The quantitative estimate of drug-likeness (QED) is 0.421. The number of rotatable bonds is 3. The minimum Gasteiger partial charge on any atom is -0.394 e. The molecule has 0 aromatic heterocycles. The number of ether oxygens (including phenoxy) is 2. The van der Waals surface area contributed by atoms with Crippen molar-refractivity contribution in [3.05, 3.63) is 0 Å². The van der Waals surface area contributed by atoms with E-state index in [0.717, 1.165) is 0 Å². The first-order valence-corrected chi connectivity index (χ1v) is 4.54. The van der Waals surface area contributed by atoms with E-state index in [2.05, 4.69) is 0 Å². The Morgan fingerprint density at radius 3 is 2.29 bits per heavy atom. The monoisotopic (exact) mass is 208 g/mol. The lowest BCUT2D eigenvalue weighted by Gasteiger charge is -2.39. The zero-order chi connectivity index (χ0) is 10.7. The van der Waals surface area contributed by atoms with Gasteiger partial charge in [-0.15, -0.1) is 0 Å². The van der Waals surface area contributed by atoms with E-state index in [4.69, 9.17) is 14.6 Å². The number of hydrogen-bond acceptors (Lipinski definition) is 6. The van der Waals surface area contributed by atoms with Crippen LogP contribution < -0.4 is 0 Å². The van der Waals surface area contributed by atoms with Crippen LogP contribution in [0, 0.1) is 0 Å². The predicted octanol–water partition coefficient (Wildman–Crippen LogP) is -2.18. The van der Waals surface area contributed by atoms with Crippen LogP contribution in [-0.4, -0.2) is 64.3 Å². The maximum atomic E-state index is 9.41. The molecule has 3 unspecified atom stereocenters. The first kappa shape index (κ1) is 11.8. The molecule has 1 heterocycles. The zero-order valence-corrected chi connectivity index (χ0v) is 7.91. The highest BCUT2D eigenvalue weighted by molar-refractivity contribution is 4.88. The summed E-state index contributed by atoms with van der Waals surface area (Å²) in [6.45, 7) is 1.58. The van der Waals surface area contributed by atoms with Crippen molar-refractivity contribution >= 4 is 0 Å². The Labute approximate surface area is 81.7 Å². The Balaban J connectivity index is 2.63. The van der Waals surface area contributed by atoms with Crippen LogP contribution in [0.3, 0.4) is 0 Å². The van der Waals surface area contributed by atoms with Crippen LogP contribution in [-0.2, 0) is 9.47 Å². The van der Waals surface area contributed by atoms with Crippen molar-refractivity contribution in [3.63, 3.8) is 0 Å². The number of aliphatic hydroxyl groups is 4. The van der Waals surface area contributed by atoms with Crippen molar-refractivity contribution in [2.45, 2.75) is 37.6 Å². The summed E-state index contributed by atoms with van der Waals surface area (Å²) >= 11 is 0. The third-order valence-corrected chi connectivity index (χ3v) is 2.18. The summed E-state index contributed by atoms with van der Waals surface area (Å²) in [5, 5.41) is 36.9. The van der Waals surface area contributed by atoms with Crippen LogP contribution >= 0.6 is 0 Å².